The predicted molar refractivity (Wildman–Crippen MR) is 50.7 cm³/mol. The number of benzene rings is 1. The van der Waals surface area contributed by atoms with Gasteiger partial charge in [0.05, 0.1) is 7.11 Å². The summed E-state index contributed by atoms with van der Waals surface area (Å²) in [6, 6.07) is 5.24. The van der Waals surface area contributed by atoms with Crippen molar-refractivity contribution in [1.29, 1.82) is 0 Å². The van der Waals surface area contributed by atoms with E-state index in [0.717, 1.165) is 5.56 Å². The molecule has 0 saturated carbocycles. The van der Waals surface area contributed by atoms with Crippen LogP contribution in [0.25, 0.3) is 0 Å². The maximum atomic E-state index is 9.11. The van der Waals surface area contributed by atoms with Gasteiger partial charge in [-0.05, 0) is 24.6 Å². The topological polar surface area (TPSA) is 29.5 Å². The molecule has 0 aliphatic carbocycles. The van der Waals surface area contributed by atoms with E-state index in [1.807, 2.05) is 26.8 Å². The lowest BCUT2D eigenvalue weighted by Gasteiger charge is -2.02. The molecule has 2 nitrogen and oxygen atoms in total. The normalized spacial score (nSPS) is 8.33. The molecular formula is C10H16O2. The van der Waals surface area contributed by atoms with Crippen molar-refractivity contribution in [2.45, 2.75) is 20.8 Å². The second kappa shape index (κ2) is 5.47. The van der Waals surface area contributed by atoms with Crippen molar-refractivity contribution in [2.24, 2.45) is 0 Å². The standard InChI is InChI=1S/C8H10O2.C2H6/c1-6-3-4-7(9)8(5-6)10-2;1-2/h3-5,9H,1-2H3;1-2H3. The highest BCUT2D eigenvalue weighted by Crippen LogP contribution is 2.25. The second-order valence-electron chi connectivity index (χ2n) is 2.18. The zero-order chi connectivity index (χ0) is 9.56. The van der Waals surface area contributed by atoms with E-state index in [-0.39, 0.29) is 5.75 Å². The highest BCUT2D eigenvalue weighted by atomic mass is 16.5. The van der Waals surface area contributed by atoms with Crippen molar-refractivity contribution in [3.05, 3.63) is 23.8 Å². The maximum absolute atomic E-state index is 9.11. The molecule has 0 saturated heterocycles. The molecule has 0 heterocycles. The van der Waals surface area contributed by atoms with Crippen LogP contribution in [0, 0.1) is 6.92 Å². The Bertz CT molecular complexity index is 231. The van der Waals surface area contributed by atoms with Crippen molar-refractivity contribution >= 4 is 0 Å². The number of aromatic hydroxyl groups is 1. The highest BCUT2D eigenvalue weighted by molar-refractivity contribution is 5.41. The third kappa shape index (κ3) is 2.82. The van der Waals surface area contributed by atoms with Gasteiger partial charge in [-0.25, -0.2) is 0 Å². The first kappa shape index (κ1) is 10.8. The Morgan fingerprint density at radius 2 is 1.83 bits per heavy atom. The smallest absolute Gasteiger partial charge is 0.160 e. The van der Waals surface area contributed by atoms with Crippen LogP contribution in [0.1, 0.15) is 19.4 Å². The summed E-state index contributed by atoms with van der Waals surface area (Å²) in [5, 5.41) is 9.11. The van der Waals surface area contributed by atoms with E-state index >= 15 is 0 Å². The first-order valence-corrected chi connectivity index (χ1v) is 4.07. The van der Waals surface area contributed by atoms with Gasteiger partial charge in [-0.15, -0.1) is 0 Å². The van der Waals surface area contributed by atoms with Gasteiger partial charge >= 0.3 is 0 Å². The molecule has 1 aromatic rings. The van der Waals surface area contributed by atoms with Crippen LogP contribution in [-0.4, -0.2) is 12.2 Å². The fraction of sp³-hybridized carbons (Fsp3) is 0.400. The number of phenolic OH excluding ortho intramolecular Hbond substituents is 1. The molecule has 0 aromatic heterocycles. The molecule has 1 N–H and O–H groups in total. The van der Waals surface area contributed by atoms with Crippen LogP contribution in [-0.2, 0) is 0 Å². The minimum atomic E-state index is 0.188. The average molecular weight is 168 g/mol. The first-order chi connectivity index (χ1) is 5.74. The Kier molecular flexibility index (Phi) is 4.93. The summed E-state index contributed by atoms with van der Waals surface area (Å²) in [6.07, 6.45) is 0. The molecule has 0 amide bonds. The van der Waals surface area contributed by atoms with Crippen LogP contribution in [0.4, 0.5) is 0 Å². The maximum Gasteiger partial charge on any atom is 0.160 e. The summed E-state index contributed by atoms with van der Waals surface area (Å²) in [6.45, 7) is 5.95. The molecule has 0 radical (unpaired) electrons. The van der Waals surface area contributed by atoms with Crippen LogP contribution >= 0.6 is 0 Å². The van der Waals surface area contributed by atoms with Crippen LogP contribution in [0.2, 0.25) is 0 Å². The van der Waals surface area contributed by atoms with E-state index in [4.69, 9.17) is 9.84 Å². The molecule has 0 aliphatic rings. The van der Waals surface area contributed by atoms with Gasteiger partial charge in [-0.3, -0.25) is 0 Å². The zero-order valence-electron chi connectivity index (χ0n) is 8.09. The van der Waals surface area contributed by atoms with E-state index in [2.05, 4.69) is 0 Å². The molecule has 1 rings (SSSR count). The first-order valence-electron chi connectivity index (χ1n) is 4.07. The third-order valence-corrected chi connectivity index (χ3v) is 1.34. The van der Waals surface area contributed by atoms with Crippen LogP contribution in [0.3, 0.4) is 0 Å². The van der Waals surface area contributed by atoms with Gasteiger partial charge in [0.15, 0.2) is 11.5 Å². The lowest BCUT2D eigenvalue weighted by Crippen LogP contribution is -1.83. The van der Waals surface area contributed by atoms with E-state index in [1.165, 1.54) is 7.11 Å². The summed E-state index contributed by atoms with van der Waals surface area (Å²) in [7, 11) is 1.54. The van der Waals surface area contributed by atoms with Crippen LogP contribution < -0.4 is 4.74 Å². The van der Waals surface area contributed by atoms with E-state index in [9.17, 15) is 0 Å². The SMILES string of the molecule is CC.COc1cc(C)ccc1O. The van der Waals surface area contributed by atoms with Crippen molar-refractivity contribution in [1.82, 2.24) is 0 Å². The summed E-state index contributed by atoms with van der Waals surface area (Å²) >= 11 is 0. The molecule has 0 unspecified atom stereocenters. The number of aryl methyl sites for hydroxylation is 1. The third-order valence-electron chi connectivity index (χ3n) is 1.34. The molecule has 2 heteroatoms. The Hall–Kier alpha value is -1.18. The quantitative estimate of drug-likeness (QED) is 0.698. The Labute approximate surface area is 73.8 Å². The van der Waals surface area contributed by atoms with Crippen LogP contribution in [0.5, 0.6) is 11.5 Å². The number of methoxy groups -OCH3 is 1. The number of phenols is 1. The summed E-state index contributed by atoms with van der Waals surface area (Å²) < 4.78 is 4.88. The Balaban J connectivity index is 0.000000561. The van der Waals surface area contributed by atoms with Gasteiger partial charge < -0.3 is 9.84 Å². The van der Waals surface area contributed by atoms with Gasteiger partial charge in [0.25, 0.3) is 0 Å². The van der Waals surface area contributed by atoms with Gasteiger partial charge in [-0.1, -0.05) is 19.9 Å². The van der Waals surface area contributed by atoms with E-state index in [0.29, 0.717) is 5.75 Å². The van der Waals surface area contributed by atoms with Crippen molar-refractivity contribution in [3.8, 4) is 11.5 Å². The molecule has 0 aliphatic heterocycles. The minimum Gasteiger partial charge on any atom is -0.504 e. The van der Waals surface area contributed by atoms with Crippen molar-refractivity contribution in [2.75, 3.05) is 7.11 Å². The summed E-state index contributed by atoms with van der Waals surface area (Å²) in [5.41, 5.74) is 1.08. The number of hydrogen-bond donors (Lipinski definition) is 1. The van der Waals surface area contributed by atoms with Crippen molar-refractivity contribution < 1.29 is 9.84 Å². The number of rotatable bonds is 1. The van der Waals surface area contributed by atoms with Crippen molar-refractivity contribution in [3.63, 3.8) is 0 Å². The molecule has 0 atom stereocenters. The minimum absolute atomic E-state index is 0.188. The van der Waals surface area contributed by atoms with Gasteiger partial charge in [0, 0.05) is 0 Å². The summed E-state index contributed by atoms with van der Waals surface area (Å²) in [5.74, 6) is 0.716. The lowest BCUT2D eigenvalue weighted by molar-refractivity contribution is 0.373. The molecular weight excluding hydrogens is 152 g/mol. The molecule has 12 heavy (non-hydrogen) atoms. The fourth-order valence-electron chi connectivity index (χ4n) is 0.785. The van der Waals surface area contributed by atoms with Crippen LogP contribution in [0.15, 0.2) is 18.2 Å². The molecule has 68 valence electrons. The number of hydrogen-bond acceptors (Lipinski definition) is 2. The Morgan fingerprint density at radius 1 is 1.25 bits per heavy atom. The average Bonchev–Trinajstić information content (AvgIpc) is 2.13. The molecule has 0 spiro atoms. The highest BCUT2D eigenvalue weighted by Gasteiger charge is 1.97. The zero-order valence-corrected chi connectivity index (χ0v) is 8.09. The Morgan fingerprint density at radius 3 is 2.25 bits per heavy atom. The van der Waals surface area contributed by atoms with Gasteiger partial charge in [0.1, 0.15) is 0 Å². The fourth-order valence-corrected chi connectivity index (χ4v) is 0.785. The molecule has 0 bridgehead atoms. The second-order valence-corrected chi connectivity index (χ2v) is 2.18. The number of ether oxygens (including phenoxy) is 1. The van der Waals surface area contributed by atoms with Gasteiger partial charge in [0.2, 0.25) is 0 Å². The molecule has 1 aromatic carbocycles. The largest absolute Gasteiger partial charge is 0.504 e. The van der Waals surface area contributed by atoms with Gasteiger partial charge in [-0.2, -0.15) is 0 Å². The van der Waals surface area contributed by atoms with E-state index < -0.39 is 0 Å². The monoisotopic (exact) mass is 168 g/mol. The summed E-state index contributed by atoms with van der Waals surface area (Å²) in [4.78, 5) is 0. The predicted octanol–water partition coefficient (Wildman–Crippen LogP) is 2.74. The lowest BCUT2D eigenvalue weighted by atomic mass is 10.2. The molecule has 0 fully saturated rings. The van der Waals surface area contributed by atoms with E-state index in [1.54, 1.807) is 12.1 Å².